The highest BCUT2D eigenvalue weighted by atomic mass is 16.6. The second-order valence-corrected chi connectivity index (χ2v) is 8.00. The van der Waals surface area contributed by atoms with E-state index in [0.717, 1.165) is 22.6 Å². The predicted molar refractivity (Wildman–Crippen MR) is 104 cm³/mol. The number of carboxylic acid groups (broad SMARTS) is 1. The van der Waals surface area contributed by atoms with Gasteiger partial charge in [-0.05, 0) is 28.7 Å². The van der Waals surface area contributed by atoms with Crippen molar-refractivity contribution in [3.05, 3.63) is 59.7 Å². The minimum atomic E-state index is -0.785. The van der Waals surface area contributed by atoms with E-state index in [4.69, 9.17) is 14.6 Å². The van der Waals surface area contributed by atoms with Crippen molar-refractivity contribution in [2.24, 2.45) is 5.41 Å². The van der Waals surface area contributed by atoms with E-state index in [1.165, 1.54) is 0 Å². The smallest absolute Gasteiger partial charge is 0.304 e. The number of carboxylic acids is 1. The van der Waals surface area contributed by atoms with Crippen molar-refractivity contribution in [1.82, 2.24) is 5.32 Å². The Labute approximate surface area is 160 Å². The van der Waals surface area contributed by atoms with Gasteiger partial charge in [0.2, 0.25) is 0 Å². The minimum Gasteiger partial charge on any atom is -0.485 e. The molecule has 0 radical (unpaired) electrons. The first-order chi connectivity index (χ1) is 12.8. The fourth-order valence-corrected chi connectivity index (χ4v) is 3.13. The number of para-hydroxylation sites is 2. The number of carbonyl (C=O) groups is 1. The summed E-state index contributed by atoms with van der Waals surface area (Å²) in [5.74, 6) is 0.759. The summed E-state index contributed by atoms with van der Waals surface area (Å²) in [4.78, 5) is 11.1. The summed E-state index contributed by atoms with van der Waals surface area (Å²) in [6.45, 7) is 7.26. The lowest BCUT2D eigenvalue weighted by molar-refractivity contribution is -0.138. The molecule has 1 unspecified atom stereocenters. The van der Waals surface area contributed by atoms with Crippen LogP contribution in [0.5, 0.6) is 11.5 Å². The number of rotatable bonds is 6. The second-order valence-electron chi connectivity index (χ2n) is 8.00. The summed E-state index contributed by atoms with van der Waals surface area (Å²) in [7, 11) is 0. The van der Waals surface area contributed by atoms with Gasteiger partial charge in [0.15, 0.2) is 17.6 Å². The van der Waals surface area contributed by atoms with Gasteiger partial charge in [0.25, 0.3) is 0 Å². The zero-order valence-corrected chi connectivity index (χ0v) is 16.1. The highest BCUT2D eigenvalue weighted by Crippen LogP contribution is 2.35. The van der Waals surface area contributed by atoms with Crippen molar-refractivity contribution in [3.8, 4) is 11.5 Å². The summed E-state index contributed by atoms with van der Waals surface area (Å²) in [5.41, 5.74) is 2.04. The highest BCUT2D eigenvalue weighted by molar-refractivity contribution is 5.67. The number of fused-ring (bicyclic) bond motifs is 1. The molecule has 1 aliphatic rings. The average Bonchev–Trinajstić information content (AvgIpc) is 2.64. The maximum atomic E-state index is 11.1. The van der Waals surface area contributed by atoms with Crippen LogP contribution in [0.15, 0.2) is 48.5 Å². The quantitative estimate of drug-likeness (QED) is 0.800. The zero-order valence-electron chi connectivity index (χ0n) is 16.1. The van der Waals surface area contributed by atoms with Crippen molar-refractivity contribution < 1.29 is 19.4 Å². The highest BCUT2D eigenvalue weighted by Gasteiger charge is 2.26. The topological polar surface area (TPSA) is 67.8 Å². The monoisotopic (exact) mass is 369 g/mol. The molecule has 0 amide bonds. The molecule has 27 heavy (non-hydrogen) atoms. The normalized spacial score (nSPS) is 17.4. The van der Waals surface area contributed by atoms with E-state index in [9.17, 15) is 4.79 Å². The van der Waals surface area contributed by atoms with Crippen LogP contribution in [0, 0.1) is 5.41 Å². The van der Waals surface area contributed by atoms with Gasteiger partial charge in [-0.2, -0.15) is 0 Å². The summed E-state index contributed by atoms with van der Waals surface area (Å²) in [6, 6.07) is 15.8. The Morgan fingerprint density at radius 2 is 1.81 bits per heavy atom. The number of hydrogen-bond acceptors (Lipinski definition) is 4. The molecule has 3 rings (SSSR count). The van der Waals surface area contributed by atoms with Crippen LogP contribution in [0.1, 0.15) is 44.4 Å². The molecule has 0 fully saturated rings. The Balaban J connectivity index is 1.61. The van der Waals surface area contributed by atoms with Crippen LogP contribution >= 0.6 is 0 Å². The summed E-state index contributed by atoms with van der Waals surface area (Å²) < 4.78 is 11.8. The predicted octanol–water partition coefficient (Wildman–Crippen LogP) is 4.18. The van der Waals surface area contributed by atoms with Gasteiger partial charge in [-0.1, -0.05) is 57.2 Å². The third kappa shape index (κ3) is 5.01. The van der Waals surface area contributed by atoms with Crippen LogP contribution in [-0.4, -0.2) is 23.7 Å². The number of nitrogens with one attached hydrogen (secondary N) is 1. The van der Waals surface area contributed by atoms with Crippen molar-refractivity contribution in [1.29, 1.82) is 0 Å². The fourth-order valence-electron chi connectivity index (χ4n) is 3.13. The molecule has 2 aromatic rings. The van der Waals surface area contributed by atoms with E-state index in [2.05, 4.69) is 26.1 Å². The number of aliphatic carboxylic acids is 1. The van der Waals surface area contributed by atoms with Crippen LogP contribution in [-0.2, 0) is 11.3 Å². The molecule has 0 aliphatic carbocycles. The lowest BCUT2D eigenvalue weighted by Crippen LogP contribution is -2.41. The number of ether oxygens (including phenoxy) is 2. The molecule has 2 aromatic carbocycles. The van der Waals surface area contributed by atoms with E-state index in [-0.39, 0.29) is 24.0 Å². The molecule has 2 N–H and O–H groups in total. The van der Waals surface area contributed by atoms with Gasteiger partial charge in [0.1, 0.15) is 6.61 Å². The van der Waals surface area contributed by atoms with Crippen molar-refractivity contribution in [3.63, 3.8) is 0 Å². The molecular formula is C22H27NO4. The summed E-state index contributed by atoms with van der Waals surface area (Å²) >= 11 is 0. The Bertz CT molecular complexity index is 780. The van der Waals surface area contributed by atoms with Gasteiger partial charge >= 0.3 is 5.97 Å². The largest absolute Gasteiger partial charge is 0.485 e. The molecule has 1 heterocycles. The SMILES string of the molecule is CC(C)(C)C(CC(=O)O)NCc1ccc([C@H]2COc3ccccc3O2)cc1. The van der Waals surface area contributed by atoms with E-state index < -0.39 is 5.97 Å². The van der Waals surface area contributed by atoms with E-state index in [0.29, 0.717) is 13.2 Å². The van der Waals surface area contributed by atoms with Gasteiger partial charge < -0.3 is 19.9 Å². The van der Waals surface area contributed by atoms with E-state index >= 15 is 0 Å². The number of hydrogen-bond donors (Lipinski definition) is 2. The third-order valence-electron chi connectivity index (χ3n) is 4.84. The molecule has 0 spiro atoms. The first-order valence-corrected chi connectivity index (χ1v) is 9.25. The standard InChI is InChI=1S/C22H27NO4/c1-22(2,3)20(12-21(24)25)23-13-15-8-10-16(11-9-15)19-14-26-17-6-4-5-7-18(17)27-19/h4-11,19-20,23H,12-14H2,1-3H3,(H,24,25)/t19-,20?/m1/s1. The maximum Gasteiger partial charge on any atom is 0.304 e. The van der Waals surface area contributed by atoms with Crippen molar-refractivity contribution >= 4 is 5.97 Å². The summed E-state index contributed by atoms with van der Waals surface area (Å²) in [5, 5.41) is 12.5. The Hall–Kier alpha value is -2.53. The molecule has 5 nitrogen and oxygen atoms in total. The first-order valence-electron chi connectivity index (χ1n) is 9.25. The lowest BCUT2D eigenvalue weighted by Gasteiger charge is -2.30. The molecule has 0 aromatic heterocycles. The fraction of sp³-hybridized carbons (Fsp3) is 0.409. The van der Waals surface area contributed by atoms with Crippen LogP contribution < -0.4 is 14.8 Å². The first kappa shape index (κ1) is 19.2. The Morgan fingerprint density at radius 3 is 2.44 bits per heavy atom. The van der Waals surface area contributed by atoms with E-state index in [1.54, 1.807) is 0 Å². The molecule has 0 saturated carbocycles. The minimum absolute atomic E-state index is 0.0961. The van der Waals surface area contributed by atoms with Gasteiger partial charge in [0, 0.05) is 12.6 Å². The van der Waals surface area contributed by atoms with Crippen molar-refractivity contribution in [2.75, 3.05) is 6.61 Å². The lowest BCUT2D eigenvalue weighted by atomic mass is 9.84. The van der Waals surface area contributed by atoms with Gasteiger partial charge in [-0.15, -0.1) is 0 Å². The average molecular weight is 369 g/mol. The molecule has 0 saturated heterocycles. The van der Waals surface area contributed by atoms with Gasteiger partial charge in [-0.3, -0.25) is 4.79 Å². The molecule has 1 aliphatic heterocycles. The van der Waals surface area contributed by atoms with Gasteiger partial charge in [0.05, 0.1) is 6.42 Å². The van der Waals surface area contributed by atoms with Crippen molar-refractivity contribution in [2.45, 2.75) is 45.9 Å². The zero-order chi connectivity index (χ0) is 19.4. The molecule has 0 bridgehead atoms. The third-order valence-corrected chi connectivity index (χ3v) is 4.84. The summed E-state index contributed by atoms with van der Waals surface area (Å²) in [6.07, 6.45) is -0.0231. The second kappa shape index (κ2) is 8.01. The maximum absolute atomic E-state index is 11.1. The molecule has 5 heteroatoms. The van der Waals surface area contributed by atoms with E-state index in [1.807, 2.05) is 48.5 Å². The van der Waals surface area contributed by atoms with Crippen LogP contribution in [0.4, 0.5) is 0 Å². The number of benzene rings is 2. The van der Waals surface area contributed by atoms with Gasteiger partial charge in [-0.25, -0.2) is 0 Å². The Morgan fingerprint density at radius 1 is 1.15 bits per heavy atom. The molecule has 144 valence electrons. The molecule has 2 atom stereocenters. The Kier molecular flexibility index (Phi) is 5.71. The van der Waals surface area contributed by atoms with Crippen LogP contribution in [0.2, 0.25) is 0 Å². The van der Waals surface area contributed by atoms with Crippen LogP contribution in [0.25, 0.3) is 0 Å². The molecular weight excluding hydrogens is 342 g/mol. The van der Waals surface area contributed by atoms with Crippen LogP contribution in [0.3, 0.4) is 0 Å².